The average molecular weight is 177 g/mol. The fourth-order valence-corrected chi connectivity index (χ4v) is 1.62. The summed E-state index contributed by atoms with van der Waals surface area (Å²) in [5.41, 5.74) is 1.24. The quantitative estimate of drug-likeness (QED) is 0.609. The molecule has 0 amide bonds. The summed E-state index contributed by atoms with van der Waals surface area (Å²) >= 11 is 0. The summed E-state index contributed by atoms with van der Waals surface area (Å²) in [5, 5.41) is 3.42. The van der Waals surface area contributed by atoms with E-state index >= 15 is 0 Å². The molecule has 2 heteroatoms. The molecule has 2 nitrogen and oxygen atoms in total. The van der Waals surface area contributed by atoms with E-state index in [9.17, 15) is 0 Å². The van der Waals surface area contributed by atoms with Crippen molar-refractivity contribution in [2.75, 3.05) is 6.54 Å². The Morgan fingerprint density at radius 3 is 3.23 bits per heavy atom. The lowest BCUT2D eigenvalue weighted by Gasteiger charge is -2.29. The summed E-state index contributed by atoms with van der Waals surface area (Å²) in [4.78, 5) is 0. The highest BCUT2D eigenvalue weighted by Gasteiger charge is 2.21. The molecule has 0 aromatic rings. The fraction of sp³-hybridized carbons (Fsp3) is 0.455. The van der Waals surface area contributed by atoms with Gasteiger partial charge in [0.05, 0.1) is 6.04 Å². The number of rotatable bonds is 0. The van der Waals surface area contributed by atoms with Gasteiger partial charge in [0, 0.05) is 6.54 Å². The summed E-state index contributed by atoms with van der Waals surface area (Å²) in [6, 6.07) is 0.268. The van der Waals surface area contributed by atoms with Crippen LogP contribution in [0.15, 0.2) is 35.6 Å². The molecule has 1 N–H and O–H groups in total. The van der Waals surface area contributed by atoms with Gasteiger partial charge in [0.15, 0.2) is 0 Å². The van der Waals surface area contributed by atoms with Crippen molar-refractivity contribution in [1.82, 2.24) is 5.32 Å². The van der Waals surface area contributed by atoms with Gasteiger partial charge in [-0.2, -0.15) is 0 Å². The van der Waals surface area contributed by atoms with Crippen LogP contribution in [0, 0.1) is 0 Å². The molecule has 13 heavy (non-hydrogen) atoms. The summed E-state index contributed by atoms with van der Waals surface area (Å²) in [6.45, 7) is 5.09. The van der Waals surface area contributed by atoms with Gasteiger partial charge < -0.3 is 10.1 Å². The van der Waals surface area contributed by atoms with Gasteiger partial charge in [-0.15, -0.1) is 0 Å². The van der Waals surface area contributed by atoms with E-state index in [2.05, 4.69) is 43.5 Å². The Kier molecular flexibility index (Phi) is 2.23. The SMILES string of the molecule is CC1=CC=CC2NCC(C)OC2=C1. The first-order valence-corrected chi connectivity index (χ1v) is 4.72. The minimum absolute atomic E-state index is 0.268. The summed E-state index contributed by atoms with van der Waals surface area (Å²) < 4.78 is 5.75. The first kappa shape index (κ1) is 8.57. The molecule has 0 bridgehead atoms. The molecule has 0 spiro atoms. The highest BCUT2D eigenvalue weighted by molar-refractivity contribution is 5.32. The van der Waals surface area contributed by atoms with Gasteiger partial charge in [-0.25, -0.2) is 0 Å². The Morgan fingerprint density at radius 1 is 1.54 bits per heavy atom. The first-order valence-electron chi connectivity index (χ1n) is 4.72. The van der Waals surface area contributed by atoms with Crippen LogP contribution in [-0.2, 0) is 4.74 Å². The third kappa shape index (κ3) is 1.83. The van der Waals surface area contributed by atoms with Gasteiger partial charge in [-0.05, 0) is 25.5 Å². The van der Waals surface area contributed by atoms with E-state index in [0.29, 0.717) is 0 Å². The van der Waals surface area contributed by atoms with Crippen LogP contribution in [0.1, 0.15) is 13.8 Å². The molecule has 0 aromatic heterocycles. The maximum atomic E-state index is 5.75. The average Bonchev–Trinajstić information content (AvgIpc) is 2.25. The van der Waals surface area contributed by atoms with Gasteiger partial charge >= 0.3 is 0 Å². The van der Waals surface area contributed by atoms with Gasteiger partial charge in [0.1, 0.15) is 11.9 Å². The predicted octanol–water partition coefficient (Wildman–Crippen LogP) is 1.76. The number of ether oxygens (including phenoxy) is 1. The molecule has 1 aliphatic heterocycles. The van der Waals surface area contributed by atoms with Crippen molar-refractivity contribution in [2.24, 2.45) is 0 Å². The second-order valence-corrected chi connectivity index (χ2v) is 3.66. The van der Waals surface area contributed by atoms with Crippen molar-refractivity contribution < 1.29 is 4.74 Å². The van der Waals surface area contributed by atoms with E-state index in [0.717, 1.165) is 12.3 Å². The van der Waals surface area contributed by atoms with Crippen LogP contribution in [0.4, 0.5) is 0 Å². The van der Waals surface area contributed by atoms with Crippen LogP contribution in [0.2, 0.25) is 0 Å². The molecule has 70 valence electrons. The van der Waals surface area contributed by atoms with Crippen LogP contribution in [0.25, 0.3) is 0 Å². The summed E-state index contributed by atoms with van der Waals surface area (Å²) in [5.74, 6) is 1.04. The third-order valence-electron chi connectivity index (χ3n) is 2.30. The Bertz CT molecular complexity index is 288. The highest BCUT2D eigenvalue weighted by atomic mass is 16.5. The van der Waals surface area contributed by atoms with Crippen molar-refractivity contribution in [3.05, 3.63) is 35.6 Å². The summed E-state index contributed by atoms with van der Waals surface area (Å²) in [7, 11) is 0. The fourth-order valence-electron chi connectivity index (χ4n) is 1.62. The first-order chi connectivity index (χ1) is 6.25. The van der Waals surface area contributed by atoms with E-state index in [1.807, 2.05) is 0 Å². The van der Waals surface area contributed by atoms with E-state index in [1.54, 1.807) is 0 Å². The molecule has 1 saturated heterocycles. The standard InChI is InChI=1S/C11H15NO/c1-8-4-3-5-10-11(6-8)13-9(2)7-12-10/h3-6,9-10,12H,7H2,1-2H3. The molecule has 1 aliphatic carbocycles. The zero-order chi connectivity index (χ0) is 9.26. The highest BCUT2D eigenvalue weighted by Crippen LogP contribution is 2.19. The van der Waals surface area contributed by atoms with Gasteiger partial charge in [-0.1, -0.05) is 18.2 Å². The molecule has 2 unspecified atom stereocenters. The lowest BCUT2D eigenvalue weighted by atomic mass is 10.1. The monoisotopic (exact) mass is 177 g/mol. The molecule has 1 heterocycles. The topological polar surface area (TPSA) is 21.3 Å². The molecule has 0 saturated carbocycles. The smallest absolute Gasteiger partial charge is 0.118 e. The molecule has 2 aliphatic rings. The van der Waals surface area contributed by atoms with Gasteiger partial charge in [-0.3, -0.25) is 0 Å². The van der Waals surface area contributed by atoms with E-state index in [4.69, 9.17) is 4.74 Å². The summed E-state index contributed by atoms with van der Waals surface area (Å²) in [6.07, 6.45) is 8.69. The zero-order valence-corrected chi connectivity index (χ0v) is 8.08. The van der Waals surface area contributed by atoms with Crippen LogP contribution in [0.3, 0.4) is 0 Å². The molecule has 0 aromatic carbocycles. The van der Waals surface area contributed by atoms with Crippen LogP contribution in [-0.4, -0.2) is 18.7 Å². The van der Waals surface area contributed by atoms with E-state index in [-0.39, 0.29) is 12.1 Å². The Hall–Kier alpha value is -1.02. The lowest BCUT2D eigenvalue weighted by molar-refractivity contribution is 0.0867. The lowest BCUT2D eigenvalue weighted by Crippen LogP contribution is -2.42. The van der Waals surface area contributed by atoms with Gasteiger partial charge in [0.2, 0.25) is 0 Å². The number of hydrogen-bond donors (Lipinski definition) is 1. The molecule has 0 radical (unpaired) electrons. The Labute approximate surface area is 79.0 Å². The number of fused-ring (bicyclic) bond motifs is 1. The second-order valence-electron chi connectivity index (χ2n) is 3.66. The number of morpholine rings is 1. The number of nitrogens with one attached hydrogen (secondary N) is 1. The van der Waals surface area contributed by atoms with Gasteiger partial charge in [0.25, 0.3) is 0 Å². The van der Waals surface area contributed by atoms with Crippen molar-refractivity contribution in [3.63, 3.8) is 0 Å². The van der Waals surface area contributed by atoms with Crippen molar-refractivity contribution in [2.45, 2.75) is 26.0 Å². The number of allylic oxidation sites excluding steroid dienone is 4. The third-order valence-corrected chi connectivity index (χ3v) is 2.30. The predicted molar refractivity (Wildman–Crippen MR) is 53.3 cm³/mol. The molecular weight excluding hydrogens is 162 g/mol. The zero-order valence-electron chi connectivity index (χ0n) is 8.08. The molecule has 2 atom stereocenters. The maximum absolute atomic E-state index is 5.75. The molecular formula is C11H15NO. The maximum Gasteiger partial charge on any atom is 0.118 e. The Morgan fingerprint density at radius 2 is 2.38 bits per heavy atom. The van der Waals surface area contributed by atoms with Crippen LogP contribution >= 0.6 is 0 Å². The van der Waals surface area contributed by atoms with Crippen molar-refractivity contribution in [3.8, 4) is 0 Å². The largest absolute Gasteiger partial charge is 0.492 e. The van der Waals surface area contributed by atoms with Crippen LogP contribution < -0.4 is 5.32 Å². The van der Waals surface area contributed by atoms with Crippen molar-refractivity contribution in [1.29, 1.82) is 0 Å². The second kappa shape index (κ2) is 3.38. The normalized spacial score (nSPS) is 32.5. The minimum atomic E-state index is 0.268. The van der Waals surface area contributed by atoms with E-state index in [1.165, 1.54) is 5.57 Å². The minimum Gasteiger partial charge on any atom is -0.492 e. The van der Waals surface area contributed by atoms with Crippen LogP contribution in [0.5, 0.6) is 0 Å². The Balaban J connectivity index is 2.24. The molecule has 1 fully saturated rings. The molecule has 2 rings (SSSR count). The number of hydrogen-bond acceptors (Lipinski definition) is 2. The van der Waals surface area contributed by atoms with E-state index < -0.39 is 0 Å². The van der Waals surface area contributed by atoms with Crippen molar-refractivity contribution >= 4 is 0 Å².